The van der Waals surface area contributed by atoms with E-state index in [1.165, 1.54) is 0 Å². The average molecular weight is 282 g/mol. The summed E-state index contributed by atoms with van der Waals surface area (Å²) in [5.74, 6) is 0.261. The van der Waals surface area contributed by atoms with Gasteiger partial charge in [-0.1, -0.05) is 18.2 Å². The van der Waals surface area contributed by atoms with Crippen molar-refractivity contribution >= 4 is 22.2 Å². The van der Waals surface area contributed by atoms with Crippen molar-refractivity contribution in [2.24, 2.45) is 0 Å². The summed E-state index contributed by atoms with van der Waals surface area (Å²) in [4.78, 5) is 11.3. The Kier molecular flexibility index (Phi) is 3.37. The second kappa shape index (κ2) is 5.33. The molecule has 1 atom stereocenters. The highest BCUT2D eigenvalue weighted by Crippen LogP contribution is 2.19. The van der Waals surface area contributed by atoms with E-state index in [0.717, 1.165) is 11.1 Å². The summed E-state index contributed by atoms with van der Waals surface area (Å²) in [6.45, 7) is 0. The van der Waals surface area contributed by atoms with Crippen molar-refractivity contribution in [3.63, 3.8) is 0 Å². The molecule has 0 spiro atoms. The van der Waals surface area contributed by atoms with Gasteiger partial charge in [-0.2, -0.15) is 10.2 Å². The fourth-order valence-corrected chi connectivity index (χ4v) is 3.00. The van der Waals surface area contributed by atoms with Gasteiger partial charge in [-0.05, 0) is 12.1 Å². The predicted octanol–water partition coefficient (Wildman–Crippen LogP) is 2.14. The molecule has 2 heterocycles. The Morgan fingerprint density at radius 2 is 2.15 bits per heavy atom. The van der Waals surface area contributed by atoms with Gasteiger partial charge in [0.2, 0.25) is 0 Å². The highest BCUT2D eigenvalue weighted by Gasteiger charge is 2.18. The van der Waals surface area contributed by atoms with Gasteiger partial charge in [-0.15, -0.1) is 0 Å². The highest BCUT2D eigenvalue weighted by atomic mass is 32.2. The predicted molar refractivity (Wildman–Crippen MR) is 75.2 cm³/mol. The lowest BCUT2D eigenvalue weighted by Crippen LogP contribution is -2.08. The van der Waals surface area contributed by atoms with Crippen LogP contribution in [0.2, 0.25) is 0 Å². The molecule has 1 N–H and O–H groups in total. The van der Waals surface area contributed by atoms with Crippen LogP contribution in [0.5, 0.6) is 0 Å². The van der Waals surface area contributed by atoms with Gasteiger partial charge in [-0.3, -0.25) is 9.97 Å². The zero-order valence-corrected chi connectivity index (χ0v) is 11.2. The van der Waals surface area contributed by atoms with Gasteiger partial charge in [0.05, 0.1) is 23.3 Å². The first kappa shape index (κ1) is 12.7. The monoisotopic (exact) mass is 282 g/mol. The maximum Gasteiger partial charge on any atom is 0.322 e. The van der Waals surface area contributed by atoms with E-state index in [9.17, 15) is 4.55 Å². The van der Waals surface area contributed by atoms with E-state index in [-0.39, 0.29) is 5.75 Å². The van der Waals surface area contributed by atoms with Crippen LogP contribution in [0.25, 0.3) is 11.0 Å². The molecule has 0 fully saturated rings. The molecule has 0 radical (unpaired) electrons. The van der Waals surface area contributed by atoms with Crippen LogP contribution in [0.4, 0.5) is 0 Å². The normalized spacial score (nSPS) is 12.2. The Hall–Kier alpha value is -2.36. The lowest BCUT2D eigenvalue weighted by molar-refractivity contribution is 0.587. The van der Waals surface area contributed by atoms with Gasteiger partial charge in [0, 0.05) is 22.9 Å². The maximum absolute atomic E-state index is 12.3. The van der Waals surface area contributed by atoms with Crippen LogP contribution in [0, 0.1) is 11.3 Å². The van der Waals surface area contributed by atoms with Crippen molar-refractivity contribution in [3.8, 4) is 6.07 Å². The Balaban J connectivity index is 1.89. The highest BCUT2D eigenvalue weighted by molar-refractivity contribution is 7.90. The maximum atomic E-state index is 12.3. The van der Waals surface area contributed by atoms with E-state index in [2.05, 4.69) is 21.0 Å². The number of nitrogens with zero attached hydrogens (tertiary/aromatic N) is 3. The summed E-state index contributed by atoms with van der Waals surface area (Å²) < 4.78 is 12.3. The largest absolute Gasteiger partial charge is 0.609 e. The third-order valence-corrected chi connectivity index (χ3v) is 4.10. The van der Waals surface area contributed by atoms with E-state index in [1.54, 1.807) is 36.7 Å². The number of pyridine rings is 1. The van der Waals surface area contributed by atoms with Gasteiger partial charge >= 0.3 is 5.16 Å². The summed E-state index contributed by atoms with van der Waals surface area (Å²) in [5.41, 5.74) is 2.78. The smallest absolute Gasteiger partial charge is 0.322 e. The minimum Gasteiger partial charge on any atom is -0.609 e. The molecule has 3 aromatic rings. The topological polar surface area (TPSA) is 88.4 Å². The first-order chi connectivity index (χ1) is 9.78. The molecule has 2 aromatic heterocycles. The molecule has 0 bridgehead atoms. The molecule has 98 valence electrons. The lowest BCUT2D eigenvalue weighted by atomic mass is 10.1. The third kappa shape index (κ3) is 2.37. The Morgan fingerprint density at radius 1 is 1.30 bits per heavy atom. The van der Waals surface area contributed by atoms with Gasteiger partial charge in [-0.25, -0.2) is 0 Å². The fraction of sp³-hybridized carbons (Fsp3) is 0.0714. The fourth-order valence-electron chi connectivity index (χ4n) is 1.91. The van der Waals surface area contributed by atoms with Crippen LogP contribution >= 0.6 is 0 Å². The zero-order chi connectivity index (χ0) is 13.9. The molecule has 0 aliphatic rings. The molecule has 3 rings (SSSR count). The van der Waals surface area contributed by atoms with Crippen LogP contribution in [-0.2, 0) is 16.9 Å². The number of imidazole rings is 1. The summed E-state index contributed by atoms with van der Waals surface area (Å²) >= 11 is -1.32. The van der Waals surface area contributed by atoms with Crippen LogP contribution in [0.15, 0.2) is 47.9 Å². The zero-order valence-electron chi connectivity index (χ0n) is 10.4. The summed E-state index contributed by atoms with van der Waals surface area (Å²) in [5, 5.41) is 9.44. The number of rotatable bonds is 3. The van der Waals surface area contributed by atoms with Gasteiger partial charge in [0.15, 0.2) is 0 Å². The van der Waals surface area contributed by atoms with Crippen LogP contribution in [0.3, 0.4) is 0 Å². The molecule has 5 nitrogen and oxygen atoms in total. The van der Waals surface area contributed by atoms with Crippen molar-refractivity contribution in [1.82, 2.24) is 15.0 Å². The van der Waals surface area contributed by atoms with Gasteiger partial charge in [0.1, 0.15) is 11.3 Å². The van der Waals surface area contributed by atoms with Crippen molar-refractivity contribution < 1.29 is 4.55 Å². The number of fused-ring (bicyclic) bond motifs is 1. The molecule has 6 heteroatoms. The first-order valence-electron chi connectivity index (χ1n) is 5.94. The summed E-state index contributed by atoms with van der Waals surface area (Å²) in [7, 11) is 0. The quantitative estimate of drug-likeness (QED) is 0.745. The van der Waals surface area contributed by atoms with E-state index >= 15 is 0 Å². The van der Waals surface area contributed by atoms with E-state index in [4.69, 9.17) is 5.26 Å². The summed E-state index contributed by atoms with van der Waals surface area (Å²) in [6, 6.07) is 11.0. The van der Waals surface area contributed by atoms with Crippen molar-refractivity contribution in [2.75, 3.05) is 0 Å². The Morgan fingerprint density at radius 3 is 2.95 bits per heavy atom. The van der Waals surface area contributed by atoms with E-state index in [1.807, 2.05) is 6.07 Å². The third-order valence-electron chi connectivity index (χ3n) is 2.90. The molecule has 0 saturated carbocycles. The molecule has 0 amide bonds. The molecular formula is C14H10N4OS. The molecule has 0 aliphatic carbocycles. The Labute approximate surface area is 118 Å². The van der Waals surface area contributed by atoms with Crippen molar-refractivity contribution in [1.29, 1.82) is 5.26 Å². The first-order valence-corrected chi connectivity index (χ1v) is 7.26. The minimum atomic E-state index is -1.32. The molecule has 20 heavy (non-hydrogen) atoms. The SMILES string of the molecule is N#Cc1ccccc1C[S+]([O-])c1nc2cnccc2[nH]1. The number of nitrogens with one attached hydrogen (secondary N) is 1. The standard InChI is InChI=1S/C14H10N4OS/c15-7-10-3-1-2-4-11(10)9-20(19)14-17-12-5-6-16-8-13(12)18-14/h1-6,8H,9H2,(H,17,18). The number of hydrogen-bond donors (Lipinski definition) is 1. The van der Waals surface area contributed by atoms with Gasteiger partial charge < -0.3 is 4.55 Å². The number of H-pyrrole nitrogens is 1. The number of nitriles is 1. The molecular weight excluding hydrogens is 272 g/mol. The van der Waals surface area contributed by atoms with E-state index < -0.39 is 11.2 Å². The number of hydrogen-bond acceptors (Lipinski definition) is 4. The molecule has 1 aromatic carbocycles. The number of benzene rings is 1. The second-order valence-electron chi connectivity index (χ2n) is 4.19. The number of aromatic nitrogens is 3. The molecule has 0 saturated heterocycles. The molecule has 0 aliphatic heterocycles. The number of aromatic amines is 1. The lowest BCUT2D eigenvalue weighted by Gasteiger charge is -2.07. The van der Waals surface area contributed by atoms with Gasteiger partial charge in [0.25, 0.3) is 0 Å². The van der Waals surface area contributed by atoms with Crippen molar-refractivity contribution in [2.45, 2.75) is 10.9 Å². The Bertz CT molecular complexity index is 760. The minimum absolute atomic E-state index is 0.261. The average Bonchev–Trinajstić information content (AvgIpc) is 2.92. The second-order valence-corrected chi connectivity index (χ2v) is 5.56. The van der Waals surface area contributed by atoms with Crippen LogP contribution in [-0.4, -0.2) is 19.5 Å². The van der Waals surface area contributed by atoms with E-state index in [0.29, 0.717) is 16.2 Å². The van der Waals surface area contributed by atoms with Crippen molar-refractivity contribution in [3.05, 3.63) is 53.9 Å². The van der Waals surface area contributed by atoms with Crippen LogP contribution < -0.4 is 0 Å². The molecule has 1 unspecified atom stereocenters. The van der Waals surface area contributed by atoms with Crippen LogP contribution in [0.1, 0.15) is 11.1 Å². The summed E-state index contributed by atoms with van der Waals surface area (Å²) in [6.07, 6.45) is 3.27.